The van der Waals surface area contributed by atoms with Crippen molar-refractivity contribution in [3.8, 4) is 5.75 Å². The number of carbonyl (C=O) groups is 1. The fourth-order valence-electron chi connectivity index (χ4n) is 2.74. The molecular formula is C19H18N2O5. The first-order chi connectivity index (χ1) is 12.4. The minimum absolute atomic E-state index is 0.111. The van der Waals surface area contributed by atoms with E-state index in [9.17, 15) is 14.9 Å². The number of para-hydroxylation sites is 1. The van der Waals surface area contributed by atoms with Gasteiger partial charge in [0.1, 0.15) is 11.3 Å². The maximum atomic E-state index is 12.8. The largest absolute Gasteiger partial charge is 0.490 e. The summed E-state index contributed by atoms with van der Waals surface area (Å²) in [6.07, 6.45) is 0. The smallest absolute Gasteiger partial charge is 0.311 e. The van der Waals surface area contributed by atoms with E-state index in [1.165, 1.54) is 30.2 Å². The van der Waals surface area contributed by atoms with Crippen molar-refractivity contribution in [1.29, 1.82) is 0 Å². The van der Waals surface area contributed by atoms with Crippen molar-refractivity contribution in [3.63, 3.8) is 0 Å². The Morgan fingerprint density at radius 3 is 2.62 bits per heavy atom. The number of nitro benzene ring substituents is 1. The van der Waals surface area contributed by atoms with E-state index >= 15 is 0 Å². The third-order valence-electron chi connectivity index (χ3n) is 4.38. The van der Waals surface area contributed by atoms with Gasteiger partial charge in [-0.2, -0.15) is 0 Å². The van der Waals surface area contributed by atoms with Gasteiger partial charge >= 0.3 is 5.69 Å². The van der Waals surface area contributed by atoms with Gasteiger partial charge in [0.05, 0.1) is 18.1 Å². The summed E-state index contributed by atoms with van der Waals surface area (Å²) >= 11 is 0. The minimum atomic E-state index is -0.571. The fourth-order valence-corrected chi connectivity index (χ4v) is 2.74. The normalized spacial score (nSPS) is 12.0. The van der Waals surface area contributed by atoms with Crippen molar-refractivity contribution in [2.75, 3.05) is 14.2 Å². The van der Waals surface area contributed by atoms with Gasteiger partial charge in [-0.1, -0.05) is 18.2 Å². The van der Waals surface area contributed by atoms with Crippen LogP contribution in [0.3, 0.4) is 0 Å². The molecule has 2 aromatic carbocycles. The molecule has 7 nitrogen and oxygen atoms in total. The van der Waals surface area contributed by atoms with Gasteiger partial charge in [-0.15, -0.1) is 0 Å². The Hall–Kier alpha value is -3.35. The zero-order chi connectivity index (χ0) is 18.8. The molecule has 0 N–H and O–H groups in total. The van der Waals surface area contributed by atoms with Crippen molar-refractivity contribution in [1.82, 2.24) is 4.90 Å². The van der Waals surface area contributed by atoms with E-state index in [2.05, 4.69) is 0 Å². The highest BCUT2D eigenvalue weighted by molar-refractivity contribution is 5.95. The van der Waals surface area contributed by atoms with Gasteiger partial charge in [-0.05, 0) is 31.2 Å². The Labute approximate surface area is 149 Å². The molecule has 26 heavy (non-hydrogen) atoms. The lowest BCUT2D eigenvalue weighted by Gasteiger charge is -2.23. The number of carbonyl (C=O) groups excluding carboxylic acids is 1. The van der Waals surface area contributed by atoms with E-state index in [-0.39, 0.29) is 28.9 Å². The summed E-state index contributed by atoms with van der Waals surface area (Å²) in [4.78, 5) is 24.9. The molecule has 0 aliphatic carbocycles. The second-order valence-corrected chi connectivity index (χ2v) is 5.92. The Bertz CT molecular complexity index is 946. The summed E-state index contributed by atoms with van der Waals surface area (Å²) in [5.74, 6) is 0.410. The van der Waals surface area contributed by atoms with Crippen LogP contribution in [-0.2, 0) is 0 Å². The Balaban J connectivity index is 1.89. The van der Waals surface area contributed by atoms with Crippen molar-refractivity contribution in [2.45, 2.75) is 13.0 Å². The molecule has 0 bridgehead atoms. The molecule has 3 rings (SSSR count). The Morgan fingerprint density at radius 2 is 1.96 bits per heavy atom. The number of amides is 1. The second-order valence-electron chi connectivity index (χ2n) is 5.92. The lowest BCUT2D eigenvalue weighted by Crippen LogP contribution is -2.29. The van der Waals surface area contributed by atoms with Crippen LogP contribution in [0.2, 0.25) is 0 Å². The zero-order valence-electron chi connectivity index (χ0n) is 14.6. The van der Waals surface area contributed by atoms with E-state index in [1.54, 1.807) is 7.05 Å². The van der Waals surface area contributed by atoms with E-state index in [4.69, 9.17) is 9.15 Å². The topological polar surface area (TPSA) is 85.8 Å². The molecule has 1 atom stereocenters. The third-order valence-corrected chi connectivity index (χ3v) is 4.38. The van der Waals surface area contributed by atoms with E-state index in [1.807, 2.05) is 37.3 Å². The van der Waals surface area contributed by atoms with Crippen LogP contribution >= 0.6 is 0 Å². The summed E-state index contributed by atoms with van der Waals surface area (Å²) in [6.45, 7) is 1.84. The van der Waals surface area contributed by atoms with Crippen LogP contribution in [0.5, 0.6) is 5.75 Å². The maximum Gasteiger partial charge on any atom is 0.311 e. The van der Waals surface area contributed by atoms with Crippen LogP contribution in [0.15, 0.2) is 52.9 Å². The molecule has 0 unspecified atom stereocenters. The van der Waals surface area contributed by atoms with E-state index in [0.29, 0.717) is 5.76 Å². The average Bonchev–Trinajstić information content (AvgIpc) is 3.09. The summed E-state index contributed by atoms with van der Waals surface area (Å²) in [5.41, 5.74) is 0.710. The first-order valence-corrected chi connectivity index (χ1v) is 8.00. The number of rotatable bonds is 5. The van der Waals surface area contributed by atoms with Gasteiger partial charge in [0.25, 0.3) is 5.91 Å². The first-order valence-electron chi connectivity index (χ1n) is 8.00. The summed E-state index contributed by atoms with van der Waals surface area (Å²) in [6, 6.07) is 13.3. The van der Waals surface area contributed by atoms with Crippen LogP contribution in [0.4, 0.5) is 5.69 Å². The van der Waals surface area contributed by atoms with Crippen molar-refractivity contribution < 1.29 is 18.9 Å². The predicted molar refractivity (Wildman–Crippen MR) is 96.4 cm³/mol. The van der Waals surface area contributed by atoms with Gasteiger partial charge in [-0.3, -0.25) is 14.9 Å². The van der Waals surface area contributed by atoms with Gasteiger partial charge < -0.3 is 14.1 Å². The molecule has 0 aliphatic rings. The maximum absolute atomic E-state index is 12.8. The Kier molecular flexibility index (Phi) is 4.62. The SMILES string of the molecule is COc1ccc(C(=O)N(C)[C@H](C)c2cc3ccccc3o2)cc1[N+](=O)[O-]. The minimum Gasteiger partial charge on any atom is -0.490 e. The number of ether oxygens (including phenoxy) is 1. The molecule has 134 valence electrons. The number of methoxy groups -OCH3 is 1. The molecule has 0 fully saturated rings. The summed E-state index contributed by atoms with van der Waals surface area (Å²) < 4.78 is 10.8. The first kappa shape index (κ1) is 17.5. The van der Waals surface area contributed by atoms with Gasteiger partial charge in [0.15, 0.2) is 5.75 Å². The van der Waals surface area contributed by atoms with Crippen LogP contribution in [-0.4, -0.2) is 29.9 Å². The third kappa shape index (κ3) is 3.11. The van der Waals surface area contributed by atoms with Crippen molar-refractivity contribution in [2.24, 2.45) is 0 Å². The highest BCUT2D eigenvalue weighted by Gasteiger charge is 2.24. The second kappa shape index (κ2) is 6.87. The molecule has 1 heterocycles. The number of nitro groups is 1. The van der Waals surface area contributed by atoms with Gasteiger partial charge in [0.2, 0.25) is 0 Å². The van der Waals surface area contributed by atoms with Gasteiger partial charge in [-0.25, -0.2) is 0 Å². The number of fused-ring (bicyclic) bond motifs is 1. The number of hydrogen-bond acceptors (Lipinski definition) is 5. The molecule has 0 spiro atoms. The van der Waals surface area contributed by atoms with Crippen molar-refractivity contribution in [3.05, 3.63) is 70.0 Å². The molecular weight excluding hydrogens is 336 g/mol. The number of furan rings is 1. The quantitative estimate of drug-likeness (QED) is 0.507. The highest BCUT2D eigenvalue weighted by Crippen LogP contribution is 2.30. The zero-order valence-corrected chi connectivity index (χ0v) is 14.6. The molecule has 1 aromatic heterocycles. The predicted octanol–water partition coefficient (Wildman–Crippen LogP) is 4.18. The lowest BCUT2D eigenvalue weighted by molar-refractivity contribution is -0.385. The molecule has 0 aliphatic heterocycles. The molecule has 7 heteroatoms. The molecule has 0 radical (unpaired) electrons. The lowest BCUT2D eigenvalue weighted by atomic mass is 10.1. The molecule has 3 aromatic rings. The number of benzene rings is 2. The number of nitrogens with zero attached hydrogens (tertiary/aromatic N) is 2. The van der Waals surface area contributed by atoms with Crippen LogP contribution in [0.1, 0.15) is 29.1 Å². The molecule has 0 saturated heterocycles. The standard InChI is InChI=1S/C19H18N2O5/c1-12(18-11-13-6-4-5-7-16(13)26-18)20(2)19(22)14-8-9-17(25-3)15(10-14)21(23)24/h4-12H,1-3H3/t12-/m1/s1. The van der Waals surface area contributed by atoms with Gasteiger partial charge in [0, 0.05) is 24.1 Å². The van der Waals surface area contributed by atoms with Crippen LogP contribution in [0.25, 0.3) is 11.0 Å². The van der Waals surface area contributed by atoms with Crippen LogP contribution < -0.4 is 4.74 Å². The fraction of sp³-hybridized carbons (Fsp3) is 0.211. The monoisotopic (exact) mass is 354 g/mol. The van der Waals surface area contributed by atoms with E-state index in [0.717, 1.165) is 11.0 Å². The Morgan fingerprint density at radius 1 is 1.23 bits per heavy atom. The molecule has 0 saturated carbocycles. The average molecular weight is 354 g/mol. The van der Waals surface area contributed by atoms with Crippen LogP contribution in [0, 0.1) is 10.1 Å². The molecule has 1 amide bonds. The summed E-state index contributed by atoms with van der Waals surface area (Å²) in [5, 5.41) is 12.1. The van der Waals surface area contributed by atoms with E-state index < -0.39 is 4.92 Å². The number of hydrogen-bond donors (Lipinski definition) is 0. The summed E-state index contributed by atoms with van der Waals surface area (Å²) in [7, 11) is 2.98. The highest BCUT2D eigenvalue weighted by atomic mass is 16.6. The van der Waals surface area contributed by atoms with Crippen molar-refractivity contribution >= 4 is 22.6 Å².